The van der Waals surface area contributed by atoms with E-state index in [1.165, 1.54) is 6.08 Å². The van der Waals surface area contributed by atoms with Crippen molar-refractivity contribution in [2.75, 3.05) is 0 Å². The number of carbonyl (C=O) groups is 1. The zero-order valence-corrected chi connectivity index (χ0v) is 8.90. The van der Waals surface area contributed by atoms with Gasteiger partial charge in [-0.25, -0.2) is 0 Å². The first kappa shape index (κ1) is 11.4. The molecule has 0 saturated carbocycles. The van der Waals surface area contributed by atoms with E-state index in [0.29, 0.717) is 6.29 Å². The van der Waals surface area contributed by atoms with Crippen LogP contribution in [0.2, 0.25) is 0 Å². The third-order valence-electron chi connectivity index (χ3n) is 1.23. The normalized spacial score (nSPS) is 10.2. The maximum Gasteiger partial charge on any atom is 0.184 e. The summed E-state index contributed by atoms with van der Waals surface area (Å²) >= 11 is 0. The molecule has 0 amide bonds. The molecule has 1 aromatic carbocycles. The fourth-order valence-electron chi connectivity index (χ4n) is 0.754. The molecule has 2 nitrogen and oxygen atoms in total. The second-order valence-corrected chi connectivity index (χ2v) is 2.10. The quantitative estimate of drug-likeness (QED) is 0.316. The van der Waals surface area contributed by atoms with Gasteiger partial charge in [-0.3, -0.25) is 4.79 Å². The molecule has 0 aliphatic rings. The van der Waals surface area contributed by atoms with E-state index in [4.69, 9.17) is 5.11 Å². The van der Waals surface area contributed by atoms with E-state index in [2.05, 4.69) is 0 Å². The Hall–Kier alpha value is -0.570. The average Bonchev–Trinajstić information content (AvgIpc) is 2.06. The Balaban J connectivity index is 0.00000121. The first-order valence-electron chi connectivity index (χ1n) is 3.24. The van der Waals surface area contributed by atoms with Gasteiger partial charge in [0.05, 0.1) is 0 Å². The van der Waals surface area contributed by atoms with Crippen LogP contribution in [0.1, 0.15) is 5.56 Å². The van der Waals surface area contributed by atoms with Crippen LogP contribution >= 0.6 is 0 Å². The Morgan fingerprint density at radius 3 is 2.33 bits per heavy atom. The first-order valence-corrected chi connectivity index (χ1v) is 3.24. The van der Waals surface area contributed by atoms with Crippen molar-refractivity contribution in [2.24, 2.45) is 0 Å². The minimum absolute atomic E-state index is 0. The Morgan fingerprint density at radius 1 is 1.25 bits per heavy atom. The molecule has 0 aliphatic heterocycles. The maximum atomic E-state index is 9.99. The molecule has 0 aliphatic carbocycles. The van der Waals surface area contributed by atoms with Crippen LogP contribution in [0, 0.1) is 0 Å². The van der Waals surface area contributed by atoms with Gasteiger partial charge in [0, 0.05) is 29.6 Å². The van der Waals surface area contributed by atoms with E-state index in [0.717, 1.165) is 5.56 Å². The molecule has 0 unspecified atom stereocenters. The summed E-state index contributed by atoms with van der Waals surface area (Å²) in [4.78, 5) is 9.99. The molecular weight excluding hydrogens is 163 g/mol. The number of hydrogen-bond acceptors (Lipinski definition) is 2. The standard InChI is InChI=1S/C9H8O2.Na/c10-7-9(11)6-8-4-2-1-3-5-8;/h1-7,11H;. The van der Waals surface area contributed by atoms with E-state index >= 15 is 0 Å². The van der Waals surface area contributed by atoms with E-state index in [-0.39, 0.29) is 35.3 Å². The molecule has 0 bridgehead atoms. The molecule has 1 aromatic rings. The molecule has 1 radical (unpaired) electrons. The van der Waals surface area contributed by atoms with Crippen LogP contribution in [0.4, 0.5) is 0 Å². The van der Waals surface area contributed by atoms with E-state index in [9.17, 15) is 4.79 Å². The predicted octanol–water partition coefficient (Wildman–Crippen LogP) is 1.40. The van der Waals surface area contributed by atoms with Crippen LogP contribution in [0.15, 0.2) is 36.1 Å². The van der Waals surface area contributed by atoms with Crippen molar-refractivity contribution in [3.63, 3.8) is 0 Å². The monoisotopic (exact) mass is 171 g/mol. The maximum absolute atomic E-state index is 9.99. The van der Waals surface area contributed by atoms with Gasteiger partial charge in [0.25, 0.3) is 0 Å². The van der Waals surface area contributed by atoms with Crippen molar-refractivity contribution < 1.29 is 9.90 Å². The van der Waals surface area contributed by atoms with Crippen LogP contribution in [0.3, 0.4) is 0 Å². The molecule has 0 aromatic heterocycles. The number of aliphatic hydroxyl groups excluding tert-OH is 1. The molecule has 3 heteroatoms. The van der Waals surface area contributed by atoms with Crippen molar-refractivity contribution in [3.05, 3.63) is 41.7 Å². The number of benzene rings is 1. The Bertz CT molecular complexity index is 267. The molecule has 12 heavy (non-hydrogen) atoms. The predicted molar refractivity (Wildman–Crippen MR) is 48.9 cm³/mol. The number of rotatable bonds is 2. The average molecular weight is 171 g/mol. The van der Waals surface area contributed by atoms with Gasteiger partial charge in [0.1, 0.15) is 0 Å². The Morgan fingerprint density at radius 2 is 1.83 bits per heavy atom. The number of aliphatic hydroxyl groups is 1. The van der Waals surface area contributed by atoms with Crippen LogP contribution < -0.4 is 0 Å². The number of aldehydes is 1. The van der Waals surface area contributed by atoms with E-state index in [1.807, 2.05) is 18.2 Å². The second kappa shape index (κ2) is 6.00. The molecular formula is C9H8NaO2. The molecule has 1 rings (SSSR count). The second-order valence-electron chi connectivity index (χ2n) is 2.10. The van der Waals surface area contributed by atoms with Crippen LogP contribution in [-0.4, -0.2) is 40.9 Å². The van der Waals surface area contributed by atoms with Crippen molar-refractivity contribution in [1.82, 2.24) is 0 Å². The summed E-state index contributed by atoms with van der Waals surface area (Å²) in [6.45, 7) is 0. The number of allylic oxidation sites excluding steroid dienone is 1. The zero-order chi connectivity index (χ0) is 8.10. The Kier molecular flexibility index (Phi) is 5.72. The summed E-state index contributed by atoms with van der Waals surface area (Å²) in [6.07, 6.45) is 1.82. The van der Waals surface area contributed by atoms with Gasteiger partial charge in [0.2, 0.25) is 0 Å². The van der Waals surface area contributed by atoms with Gasteiger partial charge in [-0.2, -0.15) is 0 Å². The Labute approximate surface area is 93.2 Å². The van der Waals surface area contributed by atoms with Crippen molar-refractivity contribution in [3.8, 4) is 0 Å². The number of carbonyl (C=O) groups excluding carboxylic acids is 1. The van der Waals surface area contributed by atoms with Crippen molar-refractivity contribution in [1.29, 1.82) is 0 Å². The third kappa shape index (κ3) is 3.72. The summed E-state index contributed by atoms with van der Waals surface area (Å²) in [5.41, 5.74) is 0.817. The van der Waals surface area contributed by atoms with E-state index < -0.39 is 0 Å². The van der Waals surface area contributed by atoms with Crippen LogP contribution in [0.5, 0.6) is 0 Å². The largest absolute Gasteiger partial charge is 0.505 e. The summed E-state index contributed by atoms with van der Waals surface area (Å²) in [5, 5.41) is 8.80. The SMILES string of the molecule is O=CC(O)=Cc1ccccc1.[Na]. The molecule has 0 spiro atoms. The molecule has 57 valence electrons. The van der Waals surface area contributed by atoms with Crippen LogP contribution in [-0.2, 0) is 4.79 Å². The van der Waals surface area contributed by atoms with Gasteiger partial charge in [-0.15, -0.1) is 0 Å². The molecule has 0 heterocycles. The smallest absolute Gasteiger partial charge is 0.184 e. The molecule has 0 atom stereocenters. The van der Waals surface area contributed by atoms with Crippen LogP contribution in [0.25, 0.3) is 6.08 Å². The van der Waals surface area contributed by atoms with Crippen molar-refractivity contribution >= 4 is 41.9 Å². The van der Waals surface area contributed by atoms with Gasteiger partial charge in [0.15, 0.2) is 12.0 Å². The molecule has 1 N–H and O–H groups in total. The topological polar surface area (TPSA) is 37.3 Å². The molecule has 0 saturated heterocycles. The summed E-state index contributed by atoms with van der Waals surface area (Å²) in [6, 6.07) is 9.16. The summed E-state index contributed by atoms with van der Waals surface area (Å²) < 4.78 is 0. The minimum Gasteiger partial charge on any atom is -0.505 e. The van der Waals surface area contributed by atoms with E-state index in [1.54, 1.807) is 12.1 Å². The summed E-state index contributed by atoms with van der Waals surface area (Å²) in [5.74, 6) is -0.254. The zero-order valence-electron chi connectivity index (χ0n) is 6.90. The fraction of sp³-hybridized carbons (Fsp3) is 0. The molecule has 0 fully saturated rings. The van der Waals surface area contributed by atoms with Gasteiger partial charge in [-0.05, 0) is 11.6 Å². The van der Waals surface area contributed by atoms with Crippen molar-refractivity contribution in [2.45, 2.75) is 0 Å². The third-order valence-corrected chi connectivity index (χ3v) is 1.23. The van der Waals surface area contributed by atoms with Gasteiger partial charge in [-0.1, -0.05) is 30.3 Å². The van der Waals surface area contributed by atoms with Gasteiger partial charge >= 0.3 is 0 Å². The minimum atomic E-state index is -0.254. The number of hydrogen-bond donors (Lipinski definition) is 1. The summed E-state index contributed by atoms with van der Waals surface area (Å²) in [7, 11) is 0. The van der Waals surface area contributed by atoms with Gasteiger partial charge < -0.3 is 5.11 Å². The fourth-order valence-corrected chi connectivity index (χ4v) is 0.754. The first-order chi connectivity index (χ1) is 5.33.